The summed E-state index contributed by atoms with van der Waals surface area (Å²) in [6, 6.07) is 21.8. The van der Waals surface area contributed by atoms with E-state index in [2.05, 4.69) is 65.2 Å². The zero-order valence-corrected chi connectivity index (χ0v) is 19.6. The molecule has 2 rings (SSSR count). The molecule has 0 heterocycles. The zero-order chi connectivity index (χ0) is 22.0. The van der Waals surface area contributed by atoms with E-state index in [0.29, 0.717) is 12.5 Å². The number of hydrogen-bond acceptors (Lipinski definition) is 4. The van der Waals surface area contributed by atoms with Gasteiger partial charge in [-0.1, -0.05) is 112 Å². The summed E-state index contributed by atoms with van der Waals surface area (Å²) in [4.78, 5) is 17.2. The van der Waals surface area contributed by atoms with Crippen LogP contribution < -0.4 is 0 Å². The first kappa shape index (κ1) is 26.0. The molecule has 0 bridgehead atoms. The summed E-state index contributed by atoms with van der Waals surface area (Å²) in [5.41, 5.74) is 2.86. The van der Waals surface area contributed by atoms with Crippen molar-refractivity contribution in [2.24, 2.45) is 0 Å². The molecule has 0 saturated heterocycles. The summed E-state index contributed by atoms with van der Waals surface area (Å²) in [5, 5.41) is 0. The first-order chi connectivity index (χ1) is 15.3. The third-order valence-corrected chi connectivity index (χ3v) is 6.03. The number of hydrogen-bond donors (Lipinski definition) is 2. The second-order valence-electron chi connectivity index (χ2n) is 8.04. The van der Waals surface area contributed by atoms with Crippen LogP contribution in [0.4, 0.5) is 0 Å². The van der Waals surface area contributed by atoms with E-state index < -0.39 is 8.60 Å². The lowest BCUT2D eigenvalue weighted by Crippen LogP contribution is -2.03. The first-order valence-electron chi connectivity index (χ1n) is 11.8. The molecule has 4 nitrogen and oxygen atoms in total. The van der Waals surface area contributed by atoms with Crippen LogP contribution in [0.15, 0.2) is 60.7 Å². The van der Waals surface area contributed by atoms with Crippen LogP contribution in [0.25, 0.3) is 0 Å². The maximum Gasteiger partial charge on any atom is 0.327 e. The van der Waals surface area contributed by atoms with Crippen LogP contribution in [0.2, 0.25) is 0 Å². The normalized spacial score (nSPS) is 11.5. The lowest BCUT2D eigenvalue weighted by atomic mass is 9.87. The fourth-order valence-electron chi connectivity index (χ4n) is 3.97. The summed E-state index contributed by atoms with van der Waals surface area (Å²) in [6.07, 6.45) is 12.6. The zero-order valence-electron chi connectivity index (χ0n) is 18.7. The van der Waals surface area contributed by atoms with Crippen molar-refractivity contribution >= 4 is 8.60 Å². The lowest BCUT2D eigenvalue weighted by molar-refractivity contribution is 0.0920. The summed E-state index contributed by atoms with van der Waals surface area (Å²) in [5.74, 6) is 0.505. The Labute approximate surface area is 189 Å². The molecule has 5 heteroatoms. The third kappa shape index (κ3) is 12.4. The number of ether oxygens (including phenoxy) is 1. The van der Waals surface area contributed by atoms with Gasteiger partial charge in [0.15, 0.2) is 0 Å². The minimum atomic E-state index is -2.25. The van der Waals surface area contributed by atoms with Gasteiger partial charge in [-0.15, -0.1) is 0 Å². The number of rotatable bonds is 18. The van der Waals surface area contributed by atoms with Crippen LogP contribution in [-0.4, -0.2) is 29.6 Å². The van der Waals surface area contributed by atoms with Gasteiger partial charge in [0, 0.05) is 12.5 Å². The minimum absolute atomic E-state index is 0.246. The van der Waals surface area contributed by atoms with Crippen LogP contribution in [0.1, 0.15) is 81.3 Å². The largest absolute Gasteiger partial charge is 0.379 e. The van der Waals surface area contributed by atoms with Gasteiger partial charge in [0.05, 0.1) is 13.2 Å². The number of unbranched alkanes of at least 4 members (excludes halogenated alkanes) is 8. The van der Waals surface area contributed by atoms with Crippen molar-refractivity contribution < 1.29 is 19.0 Å². The molecular weight excluding hydrogens is 407 g/mol. The van der Waals surface area contributed by atoms with Crippen molar-refractivity contribution in [2.75, 3.05) is 19.8 Å². The first-order valence-corrected chi connectivity index (χ1v) is 12.9. The van der Waals surface area contributed by atoms with Gasteiger partial charge < -0.3 is 19.0 Å². The Morgan fingerprint density at radius 3 is 1.58 bits per heavy atom. The highest BCUT2D eigenvalue weighted by Gasteiger charge is 2.13. The van der Waals surface area contributed by atoms with E-state index in [9.17, 15) is 0 Å². The van der Waals surface area contributed by atoms with Gasteiger partial charge in [-0.2, -0.15) is 0 Å². The average molecular weight is 447 g/mol. The monoisotopic (exact) mass is 446 g/mol. The fraction of sp³-hybridized carbons (Fsp3) is 0.538. The maximum atomic E-state index is 8.61. The molecule has 0 aliphatic rings. The van der Waals surface area contributed by atoms with E-state index in [4.69, 9.17) is 14.5 Å². The summed E-state index contributed by atoms with van der Waals surface area (Å²) in [7, 11) is -2.25. The molecule has 0 amide bonds. The topological polar surface area (TPSA) is 58.9 Å². The van der Waals surface area contributed by atoms with Crippen molar-refractivity contribution in [3.63, 3.8) is 0 Å². The second-order valence-corrected chi connectivity index (χ2v) is 8.81. The molecule has 0 radical (unpaired) electrons. The molecule has 0 saturated carbocycles. The van der Waals surface area contributed by atoms with Crippen molar-refractivity contribution in [1.82, 2.24) is 0 Å². The highest BCUT2D eigenvalue weighted by Crippen LogP contribution is 2.30. The van der Waals surface area contributed by atoms with E-state index in [-0.39, 0.29) is 6.61 Å². The molecule has 0 aliphatic carbocycles. The molecule has 0 unspecified atom stereocenters. The van der Waals surface area contributed by atoms with Crippen LogP contribution in [0.3, 0.4) is 0 Å². The predicted octanol–water partition coefficient (Wildman–Crippen LogP) is 6.96. The Morgan fingerprint density at radius 1 is 0.581 bits per heavy atom. The Bertz CT molecular complexity index is 611. The van der Waals surface area contributed by atoms with Crippen molar-refractivity contribution in [3.05, 3.63) is 71.8 Å². The van der Waals surface area contributed by atoms with Gasteiger partial charge >= 0.3 is 8.60 Å². The second kappa shape index (κ2) is 17.3. The Kier molecular flexibility index (Phi) is 14.5. The molecular formula is C26H39O4P. The van der Waals surface area contributed by atoms with Crippen LogP contribution in [-0.2, 0) is 9.26 Å². The Balaban J connectivity index is 1.47. The maximum absolute atomic E-state index is 8.61. The van der Waals surface area contributed by atoms with E-state index in [1.807, 2.05) is 0 Å². The molecule has 0 spiro atoms. The minimum Gasteiger partial charge on any atom is -0.379 e. The van der Waals surface area contributed by atoms with Gasteiger partial charge in [-0.05, 0) is 24.0 Å². The fourth-order valence-corrected chi connectivity index (χ4v) is 4.20. The van der Waals surface area contributed by atoms with E-state index >= 15 is 0 Å². The standard InChI is InChI=1S/C26H39O4P/c27-31(28)30-23-22-29-21-15-7-5-3-1-2-4-6-14-20-26(24-16-10-8-11-17-24)25-18-12-9-13-19-25/h8-13,16-19,26-28H,1-7,14-15,20-23H2. The SMILES string of the molecule is OP(O)OCCOCCCCCCCCCCCC(c1ccccc1)c1ccccc1. The van der Waals surface area contributed by atoms with Gasteiger partial charge in [0.2, 0.25) is 0 Å². The Morgan fingerprint density at radius 2 is 1.06 bits per heavy atom. The molecule has 0 aromatic heterocycles. The Hall–Kier alpha value is -1.29. The van der Waals surface area contributed by atoms with Gasteiger partial charge in [-0.25, -0.2) is 0 Å². The summed E-state index contributed by atoms with van der Waals surface area (Å²) >= 11 is 0. The predicted molar refractivity (Wildman–Crippen MR) is 129 cm³/mol. The molecule has 172 valence electrons. The highest BCUT2D eigenvalue weighted by molar-refractivity contribution is 7.39. The smallest absolute Gasteiger partial charge is 0.327 e. The van der Waals surface area contributed by atoms with Crippen LogP contribution in [0.5, 0.6) is 0 Å². The average Bonchev–Trinajstić information content (AvgIpc) is 2.80. The van der Waals surface area contributed by atoms with E-state index in [1.165, 1.54) is 68.9 Å². The van der Waals surface area contributed by atoms with Crippen LogP contribution >= 0.6 is 8.60 Å². The quantitative estimate of drug-likeness (QED) is 0.192. The van der Waals surface area contributed by atoms with Crippen molar-refractivity contribution in [1.29, 1.82) is 0 Å². The molecule has 2 N–H and O–H groups in total. The van der Waals surface area contributed by atoms with Gasteiger partial charge in [0.25, 0.3) is 0 Å². The molecule has 2 aromatic rings. The third-order valence-electron chi connectivity index (χ3n) is 5.62. The van der Waals surface area contributed by atoms with E-state index in [1.54, 1.807) is 0 Å². The molecule has 0 atom stereocenters. The van der Waals surface area contributed by atoms with Crippen molar-refractivity contribution in [2.45, 2.75) is 70.1 Å². The summed E-state index contributed by atoms with van der Waals surface area (Å²) < 4.78 is 10.1. The van der Waals surface area contributed by atoms with Crippen molar-refractivity contribution in [3.8, 4) is 0 Å². The number of benzene rings is 2. The van der Waals surface area contributed by atoms with Gasteiger partial charge in [0.1, 0.15) is 0 Å². The molecule has 2 aromatic carbocycles. The molecule has 0 aliphatic heterocycles. The summed E-state index contributed by atoms with van der Waals surface area (Å²) in [6.45, 7) is 1.40. The van der Waals surface area contributed by atoms with Crippen LogP contribution in [0, 0.1) is 0 Å². The van der Waals surface area contributed by atoms with Gasteiger partial charge in [-0.3, -0.25) is 0 Å². The molecule has 31 heavy (non-hydrogen) atoms. The molecule has 0 fully saturated rings. The van der Waals surface area contributed by atoms with E-state index in [0.717, 1.165) is 13.0 Å². The lowest BCUT2D eigenvalue weighted by Gasteiger charge is -2.18. The highest BCUT2D eigenvalue weighted by atomic mass is 31.2.